The molecule has 12 bridgehead atoms. The summed E-state index contributed by atoms with van der Waals surface area (Å²) in [6.07, 6.45) is -17.6. The number of phenols is 3. The van der Waals surface area contributed by atoms with Gasteiger partial charge in [-0.1, -0.05) is 197 Å². The predicted octanol–water partition coefficient (Wildman–Crippen LogP) is 16.6. The summed E-state index contributed by atoms with van der Waals surface area (Å²) in [5, 5.41) is 68.0. The largest absolute Gasteiger partial charge is 0.507 e. The monoisotopic (exact) mass is 1250 g/mol. The van der Waals surface area contributed by atoms with Crippen molar-refractivity contribution in [2.24, 2.45) is 0 Å². The Morgan fingerprint density at radius 1 is 0.278 bits per heavy atom. The molecule has 0 unspecified atom stereocenters. The number of aliphatic carboxylic acids is 3. The number of rotatable bonds is 9. The maximum atomic E-state index is 16.2. The Hall–Kier alpha value is -7.89. The number of hydrogen-bond donors (Lipinski definition) is 6. The van der Waals surface area contributed by atoms with Crippen LogP contribution in [0.25, 0.3) is 0 Å². The number of fused-ring (bicyclic) bond motifs is 12. The van der Waals surface area contributed by atoms with Crippen LogP contribution in [-0.4, -0.2) is 66.9 Å². The number of ether oxygens (including phenoxy) is 3. The summed E-state index contributed by atoms with van der Waals surface area (Å²) in [4.78, 5) is 37.4. The van der Waals surface area contributed by atoms with Crippen molar-refractivity contribution >= 4 is 17.9 Å². The number of phenolic OH excluding ortho intramolecular Hbond substituents is 3. The van der Waals surface area contributed by atoms with Crippen molar-refractivity contribution in [2.75, 3.05) is 0 Å². The zero-order valence-electron chi connectivity index (χ0n) is 54.6. The number of alkyl halides is 6. The van der Waals surface area contributed by atoms with Crippen LogP contribution in [0, 0.1) is 0 Å². The summed E-state index contributed by atoms with van der Waals surface area (Å²) < 4.78 is 113. The third-order valence-corrected chi connectivity index (χ3v) is 16.5. The molecule has 7 rings (SSSR count). The van der Waals surface area contributed by atoms with E-state index >= 15 is 26.3 Å². The van der Waals surface area contributed by atoms with E-state index in [9.17, 15) is 45.0 Å². The maximum absolute atomic E-state index is 16.2. The molecule has 0 radical (unpaired) electrons. The molecule has 0 amide bonds. The van der Waals surface area contributed by atoms with E-state index in [4.69, 9.17) is 14.2 Å². The smallest absolute Gasteiger partial charge is 0.501 e. The SMILES string of the molecule is CC(C)(C)c1cc2c(O)c(c1)Cc1cc(C(C)(C)C)cc(c1O)Cc1cc(C(C)(C)C)cc(c1OC(F)(F)C(=O)O)Cc1cc(C(C)(C)C)cc(c1OC(F)(F)C(=O)O)Cc1cc(C(C)(C)C)cc(c1OC(F)(F)C(=O)O)Cc1cc(C(C)(C)C)cc(c1O)C2. The first-order valence-electron chi connectivity index (χ1n) is 29.7. The van der Waals surface area contributed by atoms with E-state index in [1.54, 1.807) is 98.7 Å². The number of hydrogen-bond acceptors (Lipinski definition) is 9. The summed E-state index contributed by atoms with van der Waals surface area (Å²) in [5.74, 6) is -11.3. The molecule has 6 N–H and O–H groups in total. The first kappa shape index (κ1) is 69.6. The molecule has 1 aliphatic carbocycles. The zero-order valence-corrected chi connectivity index (χ0v) is 54.6. The van der Waals surface area contributed by atoms with Crippen LogP contribution in [0.15, 0.2) is 72.8 Å². The Kier molecular flexibility index (Phi) is 18.3. The van der Waals surface area contributed by atoms with E-state index in [1.165, 1.54) is 36.4 Å². The van der Waals surface area contributed by atoms with Crippen molar-refractivity contribution in [2.45, 2.75) is 214 Å². The minimum absolute atomic E-state index is 0.102. The molecule has 6 aromatic carbocycles. The van der Waals surface area contributed by atoms with Crippen molar-refractivity contribution in [3.63, 3.8) is 0 Å². The third kappa shape index (κ3) is 15.3. The minimum atomic E-state index is -5.05. The van der Waals surface area contributed by atoms with Crippen molar-refractivity contribution in [3.8, 4) is 34.5 Å². The standard InChI is InChI=1S/C72H84F6O12/c1-64(2,3)49-25-37-19-39-27-50(65(4,5)6)29-41(56(39)80)21-43-31-52(67(10,11)12)33-45(58(43)88-70(73,74)61(82)83)23-47-35-54(69(16,17)18)36-48(60(47)90-72(77,78)63(86)87)24-46-34-53(68(13,14)15)32-44(59(46)89-71(75,76)62(84)85)22-42-30-51(66(7,8)9)28-40(57(42)81)20-38(26-49)55(37)79/h25-36,79-81H,19-24H2,1-18H3,(H,82,83)(H,84,85)(H,86,87). The molecular weight excluding hydrogens is 1170 g/mol. The van der Waals surface area contributed by atoms with E-state index in [-0.39, 0.29) is 74.6 Å². The van der Waals surface area contributed by atoms with Gasteiger partial charge in [-0.25, -0.2) is 14.4 Å². The van der Waals surface area contributed by atoms with Crippen LogP contribution >= 0.6 is 0 Å². The molecule has 0 fully saturated rings. The van der Waals surface area contributed by atoms with Crippen LogP contribution in [0.4, 0.5) is 26.3 Å². The molecule has 486 valence electrons. The molecule has 0 saturated heterocycles. The second-order valence-corrected chi connectivity index (χ2v) is 30.1. The van der Waals surface area contributed by atoms with Crippen LogP contribution in [-0.2, 0) is 85.4 Å². The molecule has 0 saturated carbocycles. The summed E-state index contributed by atoms with van der Waals surface area (Å²) in [5.41, 5.74) is -0.977. The van der Waals surface area contributed by atoms with Crippen molar-refractivity contribution in [1.82, 2.24) is 0 Å². The van der Waals surface area contributed by atoms with Crippen molar-refractivity contribution in [1.29, 1.82) is 0 Å². The van der Waals surface area contributed by atoms with Crippen LogP contribution in [0.5, 0.6) is 34.5 Å². The van der Waals surface area contributed by atoms with Crippen LogP contribution in [0.2, 0.25) is 0 Å². The predicted molar refractivity (Wildman–Crippen MR) is 332 cm³/mol. The van der Waals surface area contributed by atoms with Crippen LogP contribution in [0.1, 0.15) is 225 Å². The second kappa shape index (κ2) is 23.7. The Morgan fingerprint density at radius 3 is 0.533 bits per heavy atom. The van der Waals surface area contributed by atoms with Crippen molar-refractivity contribution < 1.29 is 85.6 Å². The average molecular weight is 1260 g/mol. The number of halogens is 6. The average Bonchev–Trinajstić information content (AvgIpc) is 0.774. The lowest BCUT2D eigenvalue weighted by atomic mass is 9.79. The first-order valence-corrected chi connectivity index (χ1v) is 29.7. The molecule has 0 atom stereocenters. The molecule has 0 spiro atoms. The van der Waals surface area contributed by atoms with Gasteiger partial charge in [0.15, 0.2) is 0 Å². The van der Waals surface area contributed by atoms with Gasteiger partial charge in [-0.2, -0.15) is 26.3 Å². The molecule has 18 heteroatoms. The lowest BCUT2D eigenvalue weighted by Crippen LogP contribution is -2.36. The Bertz CT molecular complexity index is 3610. The van der Waals surface area contributed by atoms with Gasteiger partial charge in [0.25, 0.3) is 0 Å². The van der Waals surface area contributed by atoms with E-state index < -0.39 is 112 Å². The fraction of sp³-hybridized carbons (Fsp3) is 0.458. The maximum Gasteiger partial charge on any atom is 0.501 e. The van der Waals surface area contributed by atoms with E-state index in [1.807, 2.05) is 62.3 Å². The zero-order chi connectivity index (χ0) is 67.9. The van der Waals surface area contributed by atoms with Crippen LogP contribution in [0.3, 0.4) is 0 Å². The quantitative estimate of drug-likeness (QED) is 0.0749. The molecule has 90 heavy (non-hydrogen) atoms. The Balaban J connectivity index is 1.75. The third-order valence-electron chi connectivity index (χ3n) is 16.5. The van der Waals surface area contributed by atoms with E-state index in [0.29, 0.717) is 50.1 Å². The lowest BCUT2D eigenvalue weighted by molar-refractivity contribution is -0.211. The number of aromatic hydroxyl groups is 3. The highest BCUT2D eigenvalue weighted by Crippen LogP contribution is 2.47. The molecule has 0 aromatic heterocycles. The molecule has 0 heterocycles. The minimum Gasteiger partial charge on any atom is -0.507 e. The number of carboxylic acids is 3. The van der Waals surface area contributed by atoms with Crippen LogP contribution < -0.4 is 14.2 Å². The van der Waals surface area contributed by atoms with Gasteiger partial charge in [0.1, 0.15) is 34.5 Å². The normalized spacial score (nSPS) is 14.1. The summed E-state index contributed by atoms with van der Waals surface area (Å²) in [6.45, 7) is 33.4. The van der Waals surface area contributed by atoms with Gasteiger partial charge in [0.05, 0.1) is 0 Å². The lowest BCUT2D eigenvalue weighted by Gasteiger charge is -2.29. The molecule has 1 aliphatic rings. The van der Waals surface area contributed by atoms with Gasteiger partial charge in [-0.05, 0) is 133 Å². The summed E-state index contributed by atoms with van der Waals surface area (Å²) in [7, 11) is 0. The Labute approximate surface area is 522 Å². The fourth-order valence-corrected chi connectivity index (χ4v) is 10.9. The molecular formula is C72H84F6O12. The van der Waals surface area contributed by atoms with Gasteiger partial charge >= 0.3 is 36.2 Å². The Morgan fingerprint density at radius 2 is 0.400 bits per heavy atom. The first-order chi connectivity index (χ1) is 40.8. The number of benzene rings is 6. The fourth-order valence-electron chi connectivity index (χ4n) is 10.9. The van der Waals surface area contributed by atoms with Gasteiger partial charge < -0.3 is 44.8 Å². The van der Waals surface area contributed by atoms with E-state index in [2.05, 4.69) is 0 Å². The van der Waals surface area contributed by atoms with Gasteiger partial charge in [-0.3, -0.25) is 0 Å². The van der Waals surface area contributed by atoms with Crippen molar-refractivity contribution in [3.05, 3.63) is 173 Å². The molecule has 12 nitrogen and oxygen atoms in total. The summed E-state index contributed by atoms with van der Waals surface area (Å²) >= 11 is 0. The molecule has 0 aliphatic heterocycles. The topological polar surface area (TPSA) is 200 Å². The number of carbonyl (C=O) groups is 3. The van der Waals surface area contributed by atoms with Gasteiger partial charge in [0.2, 0.25) is 0 Å². The molecule has 6 aromatic rings. The highest BCUT2D eigenvalue weighted by atomic mass is 19.3. The van der Waals surface area contributed by atoms with Gasteiger partial charge in [-0.15, -0.1) is 0 Å². The van der Waals surface area contributed by atoms with Gasteiger partial charge in [0, 0.05) is 38.5 Å². The number of carboxylic acid groups (broad SMARTS) is 3. The van der Waals surface area contributed by atoms with E-state index in [0.717, 1.165) is 5.56 Å². The second-order valence-electron chi connectivity index (χ2n) is 30.1. The highest BCUT2D eigenvalue weighted by molar-refractivity contribution is 5.76. The summed E-state index contributed by atoms with van der Waals surface area (Å²) in [6, 6.07) is 19.1. The highest BCUT2D eigenvalue weighted by Gasteiger charge is 2.47.